The van der Waals surface area contributed by atoms with E-state index in [2.05, 4.69) is 0 Å². The molecule has 2 atom stereocenters. The van der Waals surface area contributed by atoms with Crippen LogP contribution in [0.1, 0.15) is 51.0 Å². The van der Waals surface area contributed by atoms with Crippen LogP contribution in [0.3, 0.4) is 0 Å². The van der Waals surface area contributed by atoms with E-state index in [1.807, 2.05) is 11.8 Å². The highest BCUT2D eigenvalue weighted by Crippen LogP contribution is 2.50. The number of likely N-dealkylation sites (tertiary alicyclic amines) is 1. The Morgan fingerprint density at radius 1 is 1.22 bits per heavy atom. The molecular formula is C25H35FN2O4. The van der Waals surface area contributed by atoms with E-state index in [-0.39, 0.29) is 24.0 Å². The largest absolute Gasteiger partial charge is 0.493 e. The minimum atomic E-state index is -0.400. The van der Waals surface area contributed by atoms with Crippen molar-refractivity contribution in [2.24, 2.45) is 17.8 Å². The number of nitrogens with zero attached hydrogens (tertiary/aromatic N) is 2. The van der Waals surface area contributed by atoms with Crippen LogP contribution in [0.15, 0.2) is 18.2 Å². The fourth-order valence-electron chi connectivity index (χ4n) is 4.65. The number of carbonyl (C=O) groups is 2. The molecule has 1 saturated heterocycles. The van der Waals surface area contributed by atoms with Crippen molar-refractivity contribution in [1.82, 2.24) is 9.80 Å². The van der Waals surface area contributed by atoms with Gasteiger partial charge in [0, 0.05) is 33.3 Å². The zero-order valence-electron chi connectivity index (χ0n) is 19.4. The summed E-state index contributed by atoms with van der Waals surface area (Å²) < 4.78 is 25.6. The Bertz CT molecular complexity index is 846. The number of amides is 2. The Labute approximate surface area is 190 Å². The minimum absolute atomic E-state index is 0.0543. The van der Waals surface area contributed by atoms with Crippen molar-refractivity contribution in [2.45, 2.75) is 57.5 Å². The zero-order chi connectivity index (χ0) is 22.9. The summed E-state index contributed by atoms with van der Waals surface area (Å²) in [4.78, 5) is 27.4. The molecule has 4 rings (SSSR count). The smallest absolute Gasteiger partial charge is 0.410 e. The number of piperidine rings is 1. The number of carbonyl (C=O) groups excluding carboxylic acids is 2. The van der Waals surface area contributed by atoms with Gasteiger partial charge in [-0.1, -0.05) is 6.07 Å². The molecule has 3 aliphatic rings. The molecule has 176 valence electrons. The van der Waals surface area contributed by atoms with E-state index >= 15 is 0 Å². The number of hydrogen-bond donors (Lipinski definition) is 0. The fraction of sp³-hybridized carbons (Fsp3) is 0.680. The second kappa shape index (κ2) is 9.28. The molecule has 0 spiro atoms. The predicted molar refractivity (Wildman–Crippen MR) is 119 cm³/mol. The summed E-state index contributed by atoms with van der Waals surface area (Å²) >= 11 is 0. The van der Waals surface area contributed by atoms with E-state index in [1.54, 1.807) is 26.2 Å². The third-order valence-electron chi connectivity index (χ3n) is 7.29. The number of hydrogen-bond acceptors (Lipinski definition) is 4. The van der Waals surface area contributed by atoms with E-state index in [0.717, 1.165) is 45.2 Å². The first-order chi connectivity index (χ1) is 15.2. The van der Waals surface area contributed by atoms with Crippen LogP contribution in [0.5, 0.6) is 5.75 Å². The highest BCUT2D eigenvalue weighted by Gasteiger charge is 2.45. The maximum atomic E-state index is 14.3. The number of likely N-dealkylation sites (N-methyl/N-ethyl adjacent to an activating group) is 1. The average Bonchev–Trinajstić information content (AvgIpc) is 3.68. The van der Waals surface area contributed by atoms with E-state index in [9.17, 15) is 14.0 Å². The maximum Gasteiger partial charge on any atom is 0.410 e. The van der Waals surface area contributed by atoms with Gasteiger partial charge >= 0.3 is 6.09 Å². The van der Waals surface area contributed by atoms with Crippen LogP contribution in [0.4, 0.5) is 9.18 Å². The van der Waals surface area contributed by atoms with E-state index in [4.69, 9.17) is 9.47 Å². The molecule has 0 bridgehead atoms. The third-order valence-corrected chi connectivity index (χ3v) is 7.29. The SMILES string of the molecule is CN(C)C(=O)Cc1ccc(OCC[C@@H]2CC2C2CCN(C(=O)OC3(C)CC3)CC2)cc1F. The van der Waals surface area contributed by atoms with Gasteiger partial charge in [0.2, 0.25) is 5.91 Å². The summed E-state index contributed by atoms with van der Waals surface area (Å²) in [6.45, 7) is 4.16. The molecule has 32 heavy (non-hydrogen) atoms. The highest BCUT2D eigenvalue weighted by atomic mass is 19.1. The van der Waals surface area contributed by atoms with Crippen molar-refractivity contribution in [1.29, 1.82) is 0 Å². The average molecular weight is 447 g/mol. The Hall–Kier alpha value is -2.31. The summed E-state index contributed by atoms with van der Waals surface area (Å²) in [5, 5.41) is 0. The normalized spacial score (nSPS) is 24.1. The Kier molecular flexibility index (Phi) is 6.63. The van der Waals surface area contributed by atoms with Gasteiger partial charge in [0.15, 0.2) is 0 Å². The van der Waals surface area contributed by atoms with Crippen LogP contribution in [0.2, 0.25) is 0 Å². The molecule has 2 aliphatic carbocycles. The molecule has 6 nitrogen and oxygen atoms in total. The lowest BCUT2D eigenvalue weighted by molar-refractivity contribution is -0.128. The maximum absolute atomic E-state index is 14.3. The number of rotatable bonds is 8. The molecule has 3 fully saturated rings. The fourth-order valence-corrected chi connectivity index (χ4v) is 4.65. The van der Waals surface area contributed by atoms with Gasteiger partial charge in [0.05, 0.1) is 13.0 Å². The molecule has 2 amide bonds. The quantitative estimate of drug-likeness (QED) is 0.599. The number of benzene rings is 1. The first-order valence-corrected chi connectivity index (χ1v) is 11.8. The van der Waals surface area contributed by atoms with Crippen molar-refractivity contribution >= 4 is 12.0 Å². The molecule has 2 saturated carbocycles. The Morgan fingerprint density at radius 2 is 1.94 bits per heavy atom. The van der Waals surface area contributed by atoms with Gasteiger partial charge in [-0.3, -0.25) is 4.79 Å². The minimum Gasteiger partial charge on any atom is -0.493 e. The van der Waals surface area contributed by atoms with E-state index in [0.29, 0.717) is 35.7 Å². The van der Waals surface area contributed by atoms with Crippen LogP contribution in [0.25, 0.3) is 0 Å². The lowest BCUT2D eigenvalue weighted by Crippen LogP contribution is -2.40. The number of halogens is 1. The molecule has 1 aromatic carbocycles. The van der Waals surface area contributed by atoms with Crippen molar-refractivity contribution in [2.75, 3.05) is 33.8 Å². The molecule has 0 radical (unpaired) electrons. The van der Waals surface area contributed by atoms with Crippen molar-refractivity contribution < 1.29 is 23.5 Å². The van der Waals surface area contributed by atoms with Gasteiger partial charge in [-0.15, -0.1) is 0 Å². The molecule has 0 N–H and O–H groups in total. The van der Waals surface area contributed by atoms with Gasteiger partial charge in [-0.2, -0.15) is 0 Å². The molecular weight excluding hydrogens is 411 g/mol. The number of ether oxygens (including phenoxy) is 2. The highest BCUT2D eigenvalue weighted by molar-refractivity contribution is 5.78. The summed E-state index contributed by atoms with van der Waals surface area (Å²) in [6, 6.07) is 4.75. The van der Waals surface area contributed by atoms with Gasteiger partial charge in [-0.25, -0.2) is 9.18 Å². The lowest BCUT2D eigenvalue weighted by Gasteiger charge is -2.32. The van der Waals surface area contributed by atoms with Crippen LogP contribution < -0.4 is 4.74 Å². The van der Waals surface area contributed by atoms with Gasteiger partial charge in [-0.05, 0) is 74.8 Å². The standard InChI is InChI=1S/C25H35FN2O4/c1-25(9-10-25)32-24(30)28-11-6-17(7-12-28)21-14-18(21)8-13-31-20-5-4-19(22(26)16-20)15-23(29)27(2)3/h4-5,16-18,21H,6-15H2,1-3H3/t18-,21?/m1/s1. The second-order valence-electron chi connectivity index (χ2n) is 10.2. The molecule has 1 aliphatic heterocycles. The van der Waals surface area contributed by atoms with Crippen molar-refractivity contribution in [3.63, 3.8) is 0 Å². The first-order valence-electron chi connectivity index (χ1n) is 11.8. The third kappa shape index (κ3) is 5.73. The van der Waals surface area contributed by atoms with Crippen LogP contribution >= 0.6 is 0 Å². The molecule has 1 unspecified atom stereocenters. The predicted octanol–water partition coefficient (Wildman–Crippen LogP) is 4.26. The van der Waals surface area contributed by atoms with Crippen LogP contribution in [-0.2, 0) is 16.0 Å². The molecule has 0 aromatic heterocycles. The first kappa shape index (κ1) is 22.9. The molecule has 7 heteroatoms. The Morgan fingerprint density at radius 3 is 2.56 bits per heavy atom. The topological polar surface area (TPSA) is 59.1 Å². The second-order valence-corrected chi connectivity index (χ2v) is 10.2. The molecule has 1 heterocycles. The zero-order valence-corrected chi connectivity index (χ0v) is 19.4. The molecule has 1 aromatic rings. The van der Waals surface area contributed by atoms with E-state index < -0.39 is 5.82 Å². The van der Waals surface area contributed by atoms with Crippen LogP contribution in [-0.4, -0.2) is 61.2 Å². The van der Waals surface area contributed by atoms with Crippen molar-refractivity contribution in [3.05, 3.63) is 29.6 Å². The van der Waals surface area contributed by atoms with Gasteiger partial charge in [0.25, 0.3) is 0 Å². The Balaban J connectivity index is 1.14. The van der Waals surface area contributed by atoms with Crippen molar-refractivity contribution in [3.8, 4) is 5.75 Å². The van der Waals surface area contributed by atoms with E-state index in [1.165, 1.54) is 17.4 Å². The lowest BCUT2D eigenvalue weighted by atomic mass is 9.91. The van der Waals surface area contributed by atoms with Crippen LogP contribution in [0, 0.1) is 23.6 Å². The summed E-state index contributed by atoms with van der Waals surface area (Å²) in [7, 11) is 3.32. The van der Waals surface area contributed by atoms with Gasteiger partial charge in [0.1, 0.15) is 17.2 Å². The van der Waals surface area contributed by atoms with Gasteiger partial charge < -0.3 is 19.3 Å². The summed E-state index contributed by atoms with van der Waals surface area (Å²) in [5.74, 6) is 2.03. The monoisotopic (exact) mass is 446 g/mol. The summed E-state index contributed by atoms with van der Waals surface area (Å²) in [6.07, 6.45) is 6.15. The summed E-state index contributed by atoms with van der Waals surface area (Å²) in [5.41, 5.74) is 0.183.